The highest BCUT2D eigenvalue weighted by atomic mass is 19.1. The summed E-state index contributed by atoms with van der Waals surface area (Å²) in [6, 6.07) is 4.91. The molecule has 0 N–H and O–H groups in total. The Morgan fingerprint density at radius 3 is 2.78 bits per heavy atom. The predicted molar refractivity (Wildman–Crippen MR) is 67.6 cm³/mol. The van der Waals surface area contributed by atoms with Crippen molar-refractivity contribution in [2.24, 2.45) is 0 Å². The van der Waals surface area contributed by atoms with E-state index in [-0.39, 0.29) is 11.1 Å². The second-order valence-corrected chi connectivity index (χ2v) is 4.04. The van der Waals surface area contributed by atoms with E-state index in [1.54, 1.807) is 18.2 Å². The molecule has 0 spiro atoms. The van der Waals surface area contributed by atoms with Gasteiger partial charge >= 0.3 is 5.63 Å². The van der Waals surface area contributed by atoms with Gasteiger partial charge in [0, 0.05) is 6.42 Å². The highest BCUT2D eigenvalue weighted by molar-refractivity contribution is 5.83. The van der Waals surface area contributed by atoms with E-state index < -0.39 is 11.4 Å². The SMILES string of the molecule is CCCOc1ccc2cc(CC)oc(=O)c2c1F. The quantitative estimate of drug-likeness (QED) is 0.835. The van der Waals surface area contributed by atoms with Crippen LogP contribution >= 0.6 is 0 Å². The van der Waals surface area contributed by atoms with Gasteiger partial charge in [-0.15, -0.1) is 0 Å². The summed E-state index contributed by atoms with van der Waals surface area (Å²) in [5.74, 6) is 0.00683. The van der Waals surface area contributed by atoms with Gasteiger partial charge in [-0.1, -0.05) is 19.9 Å². The highest BCUT2D eigenvalue weighted by Gasteiger charge is 2.13. The molecule has 1 aromatic carbocycles. The van der Waals surface area contributed by atoms with Gasteiger partial charge in [-0.05, 0) is 23.9 Å². The third kappa shape index (κ3) is 2.23. The molecule has 0 saturated heterocycles. The van der Waals surface area contributed by atoms with Crippen molar-refractivity contribution in [2.45, 2.75) is 26.7 Å². The maximum Gasteiger partial charge on any atom is 0.346 e. The molecule has 2 rings (SSSR count). The average molecular weight is 250 g/mol. The van der Waals surface area contributed by atoms with Crippen LogP contribution in [0.15, 0.2) is 27.4 Å². The molecule has 0 bridgehead atoms. The first-order chi connectivity index (χ1) is 8.67. The summed E-state index contributed by atoms with van der Waals surface area (Å²) < 4.78 is 24.4. The molecule has 0 radical (unpaired) electrons. The lowest BCUT2D eigenvalue weighted by Gasteiger charge is -2.07. The van der Waals surface area contributed by atoms with E-state index in [1.807, 2.05) is 13.8 Å². The zero-order valence-electron chi connectivity index (χ0n) is 10.5. The number of fused-ring (bicyclic) bond motifs is 1. The minimum absolute atomic E-state index is 0.0409. The van der Waals surface area contributed by atoms with Gasteiger partial charge in [-0.3, -0.25) is 0 Å². The van der Waals surface area contributed by atoms with Gasteiger partial charge in [-0.25, -0.2) is 9.18 Å². The molecule has 0 unspecified atom stereocenters. The van der Waals surface area contributed by atoms with Crippen LogP contribution in [-0.2, 0) is 6.42 Å². The van der Waals surface area contributed by atoms with Crippen LogP contribution in [0.4, 0.5) is 4.39 Å². The van der Waals surface area contributed by atoms with Gasteiger partial charge in [-0.2, -0.15) is 0 Å². The molecule has 2 aromatic rings. The molecule has 96 valence electrons. The lowest BCUT2D eigenvalue weighted by Crippen LogP contribution is -2.06. The smallest absolute Gasteiger partial charge is 0.346 e. The second-order valence-electron chi connectivity index (χ2n) is 4.04. The summed E-state index contributed by atoms with van der Waals surface area (Å²) in [6.45, 7) is 4.22. The molecule has 0 atom stereocenters. The van der Waals surface area contributed by atoms with Crippen LogP contribution in [-0.4, -0.2) is 6.61 Å². The van der Waals surface area contributed by atoms with Crippen LogP contribution in [0.25, 0.3) is 10.8 Å². The highest BCUT2D eigenvalue weighted by Crippen LogP contribution is 2.25. The van der Waals surface area contributed by atoms with E-state index in [4.69, 9.17) is 9.15 Å². The van der Waals surface area contributed by atoms with Crippen LogP contribution in [0.3, 0.4) is 0 Å². The molecule has 4 heteroatoms. The van der Waals surface area contributed by atoms with Crippen LogP contribution in [0.2, 0.25) is 0 Å². The molecule has 0 fully saturated rings. The minimum atomic E-state index is -0.649. The standard InChI is InChI=1S/C14H15FO3/c1-3-7-17-11-6-5-9-8-10(4-2)18-14(16)12(9)13(11)15/h5-6,8H,3-4,7H2,1-2H3. The third-order valence-electron chi connectivity index (χ3n) is 2.69. The van der Waals surface area contributed by atoms with E-state index >= 15 is 0 Å². The van der Waals surface area contributed by atoms with Crippen LogP contribution in [0, 0.1) is 5.82 Å². The van der Waals surface area contributed by atoms with E-state index in [2.05, 4.69) is 0 Å². The fraction of sp³-hybridized carbons (Fsp3) is 0.357. The van der Waals surface area contributed by atoms with Gasteiger partial charge in [0.2, 0.25) is 0 Å². The number of halogens is 1. The Kier molecular flexibility index (Phi) is 3.65. The number of rotatable bonds is 4. The zero-order valence-corrected chi connectivity index (χ0v) is 10.5. The number of benzene rings is 1. The third-order valence-corrected chi connectivity index (χ3v) is 2.69. The molecule has 1 aromatic heterocycles. The topological polar surface area (TPSA) is 39.4 Å². The molecule has 0 aliphatic carbocycles. The Morgan fingerprint density at radius 2 is 2.11 bits per heavy atom. The summed E-state index contributed by atoms with van der Waals surface area (Å²) >= 11 is 0. The normalized spacial score (nSPS) is 10.8. The second kappa shape index (κ2) is 5.21. The van der Waals surface area contributed by atoms with Crippen molar-refractivity contribution in [2.75, 3.05) is 6.61 Å². The van der Waals surface area contributed by atoms with E-state index in [0.29, 0.717) is 24.2 Å². The van der Waals surface area contributed by atoms with Crippen molar-refractivity contribution in [1.82, 2.24) is 0 Å². The van der Waals surface area contributed by atoms with Gasteiger partial charge in [0.25, 0.3) is 0 Å². The maximum atomic E-state index is 14.1. The monoisotopic (exact) mass is 250 g/mol. The first-order valence-corrected chi connectivity index (χ1v) is 6.05. The molecule has 0 aliphatic rings. The largest absolute Gasteiger partial charge is 0.491 e. The van der Waals surface area contributed by atoms with Gasteiger partial charge in [0.15, 0.2) is 11.6 Å². The van der Waals surface area contributed by atoms with E-state index in [9.17, 15) is 9.18 Å². The van der Waals surface area contributed by atoms with Gasteiger partial charge in [0.1, 0.15) is 11.1 Å². The molecule has 0 aliphatic heterocycles. The molecule has 3 nitrogen and oxygen atoms in total. The van der Waals surface area contributed by atoms with Crippen molar-refractivity contribution in [3.05, 3.63) is 40.2 Å². The first kappa shape index (κ1) is 12.6. The lowest BCUT2D eigenvalue weighted by molar-refractivity contribution is 0.302. The summed E-state index contributed by atoms with van der Waals surface area (Å²) in [5.41, 5.74) is -0.649. The Hall–Kier alpha value is -1.84. The Bertz CT molecular complexity index is 616. The number of ether oxygens (including phenoxy) is 1. The molecule has 18 heavy (non-hydrogen) atoms. The Morgan fingerprint density at radius 1 is 1.33 bits per heavy atom. The summed E-state index contributed by atoms with van der Waals surface area (Å²) in [4.78, 5) is 11.7. The number of aryl methyl sites for hydroxylation is 1. The fourth-order valence-electron chi connectivity index (χ4n) is 1.77. The molecule has 0 saturated carbocycles. The number of hydrogen-bond acceptors (Lipinski definition) is 3. The van der Waals surface area contributed by atoms with Crippen molar-refractivity contribution in [3.63, 3.8) is 0 Å². The van der Waals surface area contributed by atoms with Crippen molar-refractivity contribution in [1.29, 1.82) is 0 Å². The Balaban J connectivity index is 2.60. The summed E-state index contributed by atoms with van der Waals surface area (Å²) in [6.07, 6.45) is 1.38. The zero-order chi connectivity index (χ0) is 13.1. The maximum absolute atomic E-state index is 14.1. The Labute approximate surface area is 104 Å². The van der Waals surface area contributed by atoms with Crippen LogP contribution in [0.1, 0.15) is 26.0 Å². The predicted octanol–water partition coefficient (Wildman–Crippen LogP) is 3.28. The molecule has 0 amide bonds. The summed E-state index contributed by atoms with van der Waals surface area (Å²) in [7, 11) is 0. The minimum Gasteiger partial charge on any atom is -0.491 e. The lowest BCUT2D eigenvalue weighted by atomic mass is 10.1. The van der Waals surface area contributed by atoms with Gasteiger partial charge < -0.3 is 9.15 Å². The van der Waals surface area contributed by atoms with Crippen molar-refractivity contribution in [3.8, 4) is 5.75 Å². The van der Waals surface area contributed by atoms with Gasteiger partial charge in [0.05, 0.1) is 6.61 Å². The van der Waals surface area contributed by atoms with Crippen LogP contribution in [0.5, 0.6) is 5.75 Å². The molecular weight excluding hydrogens is 235 g/mol. The fourth-order valence-corrected chi connectivity index (χ4v) is 1.77. The van der Waals surface area contributed by atoms with Crippen molar-refractivity contribution < 1.29 is 13.5 Å². The van der Waals surface area contributed by atoms with E-state index in [1.165, 1.54) is 0 Å². The first-order valence-electron chi connectivity index (χ1n) is 6.05. The summed E-state index contributed by atoms with van der Waals surface area (Å²) in [5, 5.41) is 0.505. The van der Waals surface area contributed by atoms with E-state index in [0.717, 1.165) is 6.42 Å². The van der Waals surface area contributed by atoms with Crippen molar-refractivity contribution >= 4 is 10.8 Å². The average Bonchev–Trinajstić information content (AvgIpc) is 2.37. The van der Waals surface area contributed by atoms with Crippen LogP contribution < -0.4 is 10.4 Å². The molecular formula is C14H15FO3. The molecule has 1 heterocycles. The number of hydrogen-bond donors (Lipinski definition) is 0.